The van der Waals surface area contributed by atoms with Crippen LogP contribution in [0.2, 0.25) is 0 Å². The van der Waals surface area contributed by atoms with Gasteiger partial charge in [0, 0.05) is 44.7 Å². The summed E-state index contributed by atoms with van der Waals surface area (Å²) in [6.07, 6.45) is 10.7. The third-order valence-electron chi connectivity index (χ3n) is 11.2. The maximum absolute atomic E-state index is 11.7. The highest BCUT2D eigenvalue weighted by Crippen LogP contribution is 2.68. The van der Waals surface area contributed by atoms with Crippen LogP contribution < -0.4 is 0 Å². The molecule has 6 rings (SSSR count). The van der Waals surface area contributed by atoms with Crippen LogP contribution in [0.15, 0.2) is 0 Å². The van der Waals surface area contributed by atoms with Gasteiger partial charge in [0.2, 0.25) is 0 Å². The fraction of sp³-hybridized carbons (Fsp3) is 1.00. The molecule has 4 saturated carbocycles. The second-order valence-electron chi connectivity index (χ2n) is 12.7. The molecule has 6 aliphatic rings. The summed E-state index contributed by atoms with van der Waals surface area (Å²) < 4.78 is 0. The highest BCUT2D eigenvalue weighted by atomic mass is 16.3. The number of nitrogens with zero attached hydrogens (tertiary/aromatic N) is 2. The lowest BCUT2D eigenvalue weighted by Gasteiger charge is -2.62. The van der Waals surface area contributed by atoms with E-state index in [2.05, 4.69) is 23.6 Å². The minimum absolute atomic E-state index is 0.120. The van der Waals surface area contributed by atoms with Crippen LogP contribution in [0.5, 0.6) is 0 Å². The summed E-state index contributed by atoms with van der Waals surface area (Å²) in [6, 6.07) is 0. The predicted octanol–water partition coefficient (Wildman–Crippen LogP) is 3.12. The van der Waals surface area contributed by atoms with Crippen molar-refractivity contribution in [3.63, 3.8) is 0 Å². The number of fused-ring (bicyclic) bond motifs is 5. The Morgan fingerprint density at radius 3 is 2.17 bits per heavy atom. The summed E-state index contributed by atoms with van der Waals surface area (Å²) in [5, 5.41) is 23.0. The predicted molar refractivity (Wildman–Crippen MR) is 115 cm³/mol. The van der Waals surface area contributed by atoms with E-state index in [1.165, 1.54) is 64.7 Å². The monoisotopic (exact) mass is 402 g/mol. The molecule has 0 spiro atoms. The molecule has 0 aromatic carbocycles. The Hall–Kier alpha value is -0.160. The van der Waals surface area contributed by atoms with Crippen LogP contribution >= 0.6 is 0 Å². The SMILES string of the molecule is C[C@]12CC[C@@](O)(CN3CC3)C[C@@H]1CC[C@H]1[C@H]3CC[C@@](O)(CN4CC4)[C@@]3(C)CC[C@@H]12. The van der Waals surface area contributed by atoms with E-state index in [0.717, 1.165) is 44.2 Å². The lowest BCUT2D eigenvalue weighted by atomic mass is 9.43. The fourth-order valence-electron chi connectivity index (χ4n) is 9.08. The first-order valence-corrected chi connectivity index (χ1v) is 12.6. The lowest BCUT2D eigenvalue weighted by Crippen LogP contribution is -2.59. The van der Waals surface area contributed by atoms with Crippen LogP contribution in [0.1, 0.15) is 71.6 Å². The highest BCUT2D eigenvalue weighted by molar-refractivity contribution is 5.16. The minimum Gasteiger partial charge on any atom is -0.389 e. The van der Waals surface area contributed by atoms with Gasteiger partial charge in [0.1, 0.15) is 0 Å². The van der Waals surface area contributed by atoms with Gasteiger partial charge in [0.05, 0.1) is 11.2 Å². The van der Waals surface area contributed by atoms with Gasteiger partial charge in [0.15, 0.2) is 0 Å². The summed E-state index contributed by atoms with van der Waals surface area (Å²) in [7, 11) is 0. The molecule has 4 heteroatoms. The quantitative estimate of drug-likeness (QED) is 0.710. The molecule has 4 aliphatic carbocycles. The standard InChI is InChI=1S/C25H42N2O2/c1-22-9-10-24(28,16-26-11-12-26)15-18(22)3-4-19-20(22)5-7-23(2)21(19)6-8-25(23,29)17-27-13-14-27/h18-21,28-29H,3-17H2,1-2H3/t18-,19+,20-,21+,22-,23-,24-,25+/m0/s1. The van der Waals surface area contributed by atoms with Crippen molar-refractivity contribution < 1.29 is 10.2 Å². The molecule has 2 saturated heterocycles. The molecular weight excluding hydrogens is 360 g/mol. The zero-order chi connectivity index (χ0) is 20.1. The van der Waals surface area contributed by atoms with E-state index in [1.54, 1.807) is 0 Å². The van der Waals surface area contributed by atoms with Crippen molar-refractivity contribution in [2.75, 3.05) is 39.3 Å². The van der Waals surface area contributed by atoms with Gasteiger partial charge in [-0.15, -0.1) is 0 Å². The second-order valence-corrected chi connectivity index (χ2v) is 12.7. The first-order valence-electron chi connectivity index (χ1n) is 12.6. The molecule has 0 bridgehead atoms. The van der Waals surface area contributed by atoms with Crippen molar-refractivity contribution in [3.8, 4) is 0 Å². The Morgan fingerprint density at radius 1 is 0.759 bits per heavy atom. The van der Waals surface area contributed by atoms with Crippen LogP contribution in [0.4, 0.5) is 0 Å². The maximum Gasteiger partial charge on any atom is 0.0830 e. The van der Waals surface area contributed by atoms with Crippen molar-refractivity contribution >= 4 is 0 Å². The number of hydrogen-bond donors (Lipinski definition) is 2. The molecular formula is C25H42N2O2. The van der Waals surface area contributed by atoms with Crippen molar-refractivity contribution in [2.45, 2.75) is 82.8 Å². The van der Waals surface area contributed by atoms with E-state index in [-0.39, 0.29) is 5.41 Å². The molecule has 8 atom stereocenters. The summed E-state index contributed by atoms with van der Waals surface area (Å²) >= 11 is 0. The van der Waals surface area contributed by atoms with Crippen LogP contribution in [0, 0.1) is 34.5 Å². The van der Waals surface area contributed by atoms with Crippen molar-refractivity contribution in [1.29, 1.82) is 0 Å². The summed E-state index contributed by atoms with van der Waals surface area (Å²) in [6.45, 7) is 11.6. The van der Waals surface area contributed by atoms with Crippen molar-refractivity contribution in [1.82, 2.24) is 9.80 Å². The van der Waals surface area contributed by atoms with E-state index >= 15 is 0 Å². The average Bonchev–Trinajstić information content (AvgIpc) is 3.59. The Morgan fingerprint density at radius 2 is 1.45 bits per heavy atom. The first kappa shape index (κ1) is 19.5. The highest BCUT2D eigenvalue weighted by Gasteiger charge is 2.65. The zero-order valence-electron chi connectivity index (χ0n) is 18.7. The Balaban J connectivity index is 1.22. The Labute approximate surface area is 177 Å². The maximum atomic E-state index is 11.7. The van der Waals surface area contributed by atoms with E-state index in [1.807, 2.05) is 0 Å². The van der Waals surface area contributed by atoms with Gasteiger partial charge in [-0.1, -0.05) is 13.8 Å². The average molecular weight is 403 g/mol. The second kappa shape index (κ2) is 6.21. The molecule has 2 N–H and O–H groups in total. The third-order valence-corrected chi connectivity index (χ3v) is 11.2. The molecule has 164 valence electrons. The number of β-amino-alcohol motifs (C(OH)–C–C–N with tert-alkyl or cyclic N) is 2. The van der Waals surface area contributed by atoms with Gasteiger partial charge >= 0.3 is 0 Å². The Kier molecular flexibility index (Phi) is 4.18. The first-order chi connectivity index (χ1) is 13.7. The molecule has 0 aromatic heterocycles. The number of aliphatic hydroxyl groups is 2. The molecule has 0 aromatic rings. The zero-order valence-corrected chi connectivity index (χ0v) is 18.7. The van der Waals surface area contributed by atoms with E-state index in [0.29, 0.717) is 17.3 Å². The summed E-state index contributed by atoms with van der Waals surface area (Å²) in [4.78, 5) is 4.85. The van der Waals surface area contributed by atoms with Gasteiger partial charge in [-0.25, -0.2) is 0 Å². The molecule has 2 heterocycles. The largest absolute Gasteiger partial charge is 0.389 e. The van der Waals surface area contributed by atoms with Gasteiger partial charge < -0.3 is 10.2 Å². The van der Waals surface area contributed by atoms with E-state index in [4.69, 9.17) is 0 Å². The van der Waals surface area contributed by atoms with Crippen LogP contribution in [-0.2, 0) is 0 Å². The smallest absolute Gasteiger partial charge is 0.0830 e. The van der Waals surface area contributed by atoms with Crippen LogP contribution in [0.3, 0.4) is 0 Å². The van der Waals surface area contributed by atoms with Crippen LogP contribution in [0.25, 0.3) is 0 Å². The van der Waals surface area contributed by atoms with Crippen molar-refractivity contribution in [2.24, 2.45) is 34.5 Å². The van der Waals surface area contributed by atoms with E-state index < -0.39 is 11.2 Å². The van der Waals surface area contributed by atoms with Gasteiger partial charge in [-0.2, -0.15) is 0 Å². The summed E-state index contributed by atoms with van der Waals surface area (Å²) in [5.41, 5.74) is -0.351. The lowest BCUT2D eigenvalue weighted by molar-refractivity contribution is -0.172. The summed E-state index contributed by atoms with van der Waals surface area (Å²) in [5.74, 6) is 3.03. The normalized spacial score (nSPS) is 57.1. The van der Waals surface area contributed by atoms with Gasteiger partial charge in [-0.05, 0) is 86.9 Å². The molecule has 0 unspecified atom stereocenters. The third kappa shape index (κ3) is 2.92. The molecule has 0 radical (unpaired) electrons. The fourth-order valence-corrected chi connectivity index (χ4v) is 9.08. The molecule has 0 amide bonds. The topological polar surface area (TPSA) is 46.5 Å². The molecule has 2 aliphatic heterocycles. The minimum atomic E-state index is -0.456. The molecule has 6 fully saturated rings. The van der Waals surface area contributed by atoms with Crippen LogP contribution in [-0.4, -0.2) is 70.5 Å². The molecule has 29 heavy (non-hydrogen) atoms. The van der Waals surface area contributed by atoms with Gasteiger partial charge in [0.25, 0.3) is 0 Å². The number of rotatable bonds is 4. The molecule has 4 nitrogen and oxygen atoms in total. The van der Waals surface area contributed by atoms with E-state index in [9.17, 15) is 10.2 Å². The van der Waals surface area contributed by atoms with Gasteiger partial charge in [-0.3, -0.25) is 9.80 Å². The Bertz CT molecular complexity index is 678. The van der Waals surface area contributed by atoms with Crippen molar-refractivity contribution in [3.05, 3.63) is 0 Å². The number of hydrogen-bond acceptors (Lipinski definition) is 4.